The maximum atomic E-state index is 13.4. The number of ketones is 2. The highest BCUT2D eigenvalue weighted by molar-refractivity contribution is 7.99. The van der Waals surface area contributed by atoms with Gasteiger partial charge in [0.25, 0.3) is 10.0 Å². The molecule has 1 aliphatic rings. The first-order valence-corrected chi connectivity index (χ1v) is 13.6. The second-order valence-electron chi connectivity index (χ2n) is 8.31. The number of carbonyl (C=O) groups is 2. The van der Waals surface area contributed by atoms with Gasteiger partial charge in [0.2, 0.25) is 0 Å². The highest BCUT2D eigenvalue weighted by atomic mass is 32.2. The number of hydrogen-bond donors (Lipinski definition) is 2. The molecule has 0 atom stereocenters. The zero-order valence-electron chi connectivity index (χ0n) is 19.3. The molecule has 5 rings (SSSR count). The molecular weight excluding hydrogens is 492 g/mol. The highest BCUT2D eigenvalue weighted by Crippen LogP contribution is 2.44. The maximum Gasteiger partial charge on any atom is 0.261 e. The summed E-state index contributed by atoms with van der Waals surface area (Å²) in [4.78, 5) is 28.0. The lowest BCUT2D eigenvalue weighted by Gasteiger charge is -2.23. The SMILES string of the molecule is CCc1ccc(S(=O)(=O)Nc2cc3c(c(N)c2Sc2ccccc2)C(=O)c2ccccc2C3=O)cc1. The number of benzene rings is 4. The van der Waals surface area contributed by atoms with E-state index in [-0.39, 0.29) is 50.1 Å². The van der Waals surface area contributed by atoms with Crippen molar-refractivity contribution in [3.8, 4) is 0 Å². The first-order chi connectivity index (χ1) is 17.3. The van der Waals surface area contributed by atoms with E-state index in [1.165, 1.54) is 30.0 Å². The van der Waals surface area contributed by atoms with Crippen LogP contribution in [0.5, 0.6) is 0 Å². The number of rotatable bonds is 6. The first-order valence-electron chi connectivity index (χ1n) is 11.3. The molecule has 36 heavy (non-hydrogen) atoms. The predicted molar refractivity (Wildman–Crippen MR) is 141 cm³/mol. The molecular formula is C28H22N2O4S2. The summed E-state index contributed by atoms with van der Waals surface area (Å²) in [5.41, 5.74) is 8.45. The van der Waals surface area contributed by atoms with Gasteiger partial charge in [-0.05, 0) is 42.3 Å². The first kappa shape index (κ1) is 23.8. The molecule has 0 spiro atoms. The summed E-state index contributed by atoms with van der Waals surface area (Å²) in [7, 11) is -4.00. The van der Waals surface area contributed by atoms with Crippen molar-refractivity contribution in [3.63, 3.8) is 0 Å². The second kappa shape index (κ2) is 9.29. The van der Waals surface area contributed by atoms with Crippen molar-refractivity contribution in [2.75, 3.05) is 10.5 Å². The van der Waals surface area contributed by atoms with Crippen LogP contribution in [-0.4, -0.2) is 20.0 Å². The molecule has 0 saturated carbocycles. The minimum Gasteiger partial charge on any atom is -0.397 e. The monoisotopic (exact) mass is 514 g/mol. The Morgan fingerprint density at radius 2 is 1.42 bits per heavy atom. The van der Waals surface area contributed by atoms with Gasteiger partial charge in [-0.3, -0.25) is 14.3 Å². The van der Waals surface area contributed by atoms with Crippen molar-refractivity contribution in [1.29, 1.82) is 0 Å². The third kappa shape index (κ3) is 4.19. The van der Waals surface area contributed by atoms with Crippen LogP contribution in [0.15, 0.2) is 99.6 Å². The van der Waals surface area contributed by atoms with Gasteiger partial charge in [0.1, 0.15) is 0 Å². The van der Waals surface area contributed by atoms with Crippen molar-refractivity contribution < 1.29 is 18.0 Å². The van der Waals surface area contributed by atoms with E-state index in [0.29, 0.717) is 4.90 Å². The van der Waals surface area contributed by atoms with Crippen molar-refractivity contribution in [1.82, 2.24) is 0 Å². The van der Waals surface area contributed by atoms with E-state index in [0.717, 1.165) is 16.9 Å². The van der Waals surface area contributed by atoms with Gasteiger partial charge in [-0.2, -0.15) is 0 Å². The summed E-state index contributed by atoms with van der Waals surface area (Å²) < 4.78 is 29.3. The van der Waals surface area contributed by atoms with Crippen LogP contribution in [-0.2, 0) is 16.4 Å². The minimum absolute atomic E-state index is 0.0632. The van der Waals surface area contributed by atoms with Gasteiger partial charge in [-0.25, -0.2) is 8.42 Å². The average Bonchev–Trinajstić information content (AvgIpc) is 2.89. The van der Waals surface area contributed by atoms with Crippen LogP contribution < -0.4 is 10.5 Å². The number of nitrogens with two attached hydrogens (primary N) is 1. The van der Waals surface area contributed by atoms with E-state index in [1.54, 1.807) is 36.4 Å². The Bertz CT molecular complexity index is 1610. The van der Waals surface area contributed by atoms with Crippen molar-refractivity contribution >= 4 is 44.7 Å². The topological polar surface area (TPSA) is 106 Å². The van der Waals surface area contributed by atoms with Gasteiger partial charge < -0.3 is 5.73 Å². The highest BCUT2D eigenvalue weighted by Gasteiger charge is 2.34. The molecule has 1 aliphatic carbocycles. The number of sulfonamides is 1. The van der Waals surface area contributed by atoms with Gasteiger partial charge in [0, 0.05) is 21.6 Å². The van der Waals surface area contributed by atoms with Crippen molar-refractivity contribution in [2.45, 2.75) is 28.0 Å². The molecule has 4 aromatic carbocycles. The fraction of sp³-hybridized carbons (Fsp3) is 0.0714. The fourth-order valence-electron chi connectivity index (χ4n) is 4.17. The second-order valence-corrected chi connectivity index (χ2v) is 11.1. The standard InChI is InChI=1S/C28H22N2O4S2/c1-2-17-12-14-19(15-13-17)36(33,34)30-23-16-22-24(25(29)28(23)35-18-8-4-3-5-9-18)27(32)21-11-7-6-10-20(21)26(22)31/h3-16,30H,2,29H2,1H3. The molecule has 6 nitrogen and oxygen atoms in total. The van der Waals surface area contributed by atoms with E-state index in [2.05, 4.69) is 4.72 Å². The molecule has 4 aromatic rings. The molecule has 0 aromatic heterocycles. The number of fused-ring (bicyclic) bond motifs is 2. The van der Waals surface area contributed by atoms with Crippen LogP contribution in [0.2, 0.25) is 0 Å². The average molecular weight is 515 g/mol. The summed E-state index contributed by atoms with van der Waals surface area (Å²) >= 11 is 1.22. The number of hydrogen-bond acceptors (Lipinski definition) is 6. The van der Waals surface area contributed by atoms with Crippen LogP contribution in [0.3, 0.4) is 0 Å². The Kier molecular flexibility index (Phi) is 6.15. The van der Waals surface area contributed by atoms with Crippen molar-refractivity contribution in [3.05, 3.63) is 113 Å². The lowest BCUT2D eigenvalue weighted by atomic mass is 9.83. The van der Waals surface area contributed by atoms with Gasteiger partial charge in [-0.15, -0.1) is 0 Å². The summed E-state index contributed by atoms with van der Waals surface area (Å²) in [6.07, 6.45) is 0.782. The summed E-state index contributed by atoms with van der Waals surface area (Å²) in [6, 6.07) is 23.8. The van der Waals surface area contributed by atoms with E-state index < -0.39 is 10.0 Å². The van der Waals surface area contributed by atoms with E-state index >= 15 is 0 Å². The van der Waals surface area contributed by atoms with Crippen LogP contribution in [0.25, 0.3) is 0 Å². The van der Waals surface area contributed by atoms with E-state index in [1.807, 2.05) is 37.3 Å². The Morgan fingerprint density at radius 3 is 2.06 bits per heavy atom. The number of carbonyl (C=O) groups excluding carboxylic acids is 2. The molecule has 0 aliphatic heterocycles. The molecule has 0 heterocycles. The normalized spacial score (nSPS) is 12.7. The Balaban J connectivity index is 1.67. The maximum absolute atomic E-state index is 13.4. The summed E-state index contributed by atoms with van der Waals surface area (Å²) in [5, 5.41) is 0. The number of anilines is 2. The molecule has 0 unspecified atom stereocenters. The number of nitrogens with one attached hydrogen (secondary N) is 1. The number of aryl methyl sites for hydroxylation is 1. The van der Waals surface area contributed by atoms with Crippen LogP contribution >= 0.6 is 11.8 Å². The molecule has 180 valence electrons. The van der Waals surface area contributed by atoms with Crippen LogP contribution in [0.1, 0.15) is 44.3 Å². The summed E-state index contributed by atoms with van der Waals surface area (Å²) in [6.45, 7) is 1.99. The third-order valence-electron chi connectivity index (χ3n) is 6.05. The fourth-order valence-corrected chi connectivity index (χ4v) is 6.26. The van der Waals surface area contributed by atoms with Crippen molar-refractivity contribution in [2.24, 2.45) is 0 Å². The Hall–Kier alpha value is -3.88. The third-order valence-corrected chi connectivity index (χ3v) is 8.59. The van der Waals surface area contributed by atoms with Gasteiger partial charge >= 0.3 is 0 Å². The van der Waals surface area contributed by atoms with E-state index in [9.17, 15) is 18.0 Å². The number of nitrogen functional groups attached to an aromatic ring is 1. The zero-order valence-corrected chi connectivity index (χ0v) is 20.9. The Labute approximate surface area is 213 Å². The molecule has 0 radical (unpaired) electrons. The molecule has 0 saturated heterocycles. The molecule has 8 heteroatoms. The van der Waals surface area contributed by atoms with Crippen LogP contribution in [0.4, 0.5) is 11.4 Å². The lowest BCUT2D eigenvalue weighted by molar-refractivity contribution is 0.0979. The molecule has 0 fully saturated rings. The quantitative estimate of drug-likeness (QED) is 0.288. The molecule has 0 bridgehead atoms. The zero-order chi connectivity index (χ0) is 25.4. The smallest absolute Gasteiger partial charge is 0.261 e. The lowest BCUT2D eigenvalue weighted by Crippen LogP contribution is -2.24. The van der Waals surface area contributed by atoms with Gasteiger partial charge in [0.05, 0.1) is 26.7 Å². The molecule has 3 N–H and O–H groups in total. The predicted octanol–water partition coefficient (Wildman–Crippen LogP) is 5.56. The minimum atomic E-state index is -4.00. The van der Waals surface area contributed by atoms with E-state index in [4.69, 9.17) is 5.73 Å². The summed E-state index contributed by atoms with van der Waals surface area (Å²) in [5.74, 6) is -0.743. The van der Waals surface area contributed by atoms with Crippen LogP contribution in [0, 0.1) is 0 Å². The largest absolute Gasteiger partial charge is 0.397 e. The van der Waals surface area contributed by atoms with Gasteiger partial charge in [-0.1, -0.05) is 73.3 Å². The Morgan fingerprint density at radius 1 is 0.806 bits per heavy atom. The molecule has 0 amide bonds. The van der Waals surface area contributed by atoms with Gasteiger partial charge in [0.15, 0.2) is 11.6 Å².